The SMILES string of the molecule is COc1ccccc1N1Cc2c(cccc2OC)NC1=S. The Morgan fingerprint density at radius 1 is 1.00 bits per heavy atom. The molecule has 0 aromatic heterocycles. The summed E-state index contributed by atoms with van der Waals surface area (Å²) in [5, 5.41) is 3.91. The number of fused-ring (bicyclic) bond motifs is 1. The van der Waals surface area contributed by atoms with Crippen LogP contribution in [0.5, 0.6) is 11.5 Å². The lowest BCUT2D eigenvalue weighted by Gasteiger charge is -2.33. The van der Waals surface area contributed by atoms with Crippen LogP contribution in [-0.4, -0.2) is 19.3 Å². The molecule has 0 amide bonds. The van der Waals surface area contributed by atoms with Crippen molar-refractivity contribution in [3.05, 3.63) is 48.0 Å². The second-order valence-electron chi connectivity index (χ2n) is 4.67. The average Bonchev–Trinajstić information content (AvgIpc) is 2.53. The molecule has 21 heavy (non-hydrogen) atoms. The predicted molar refractivity (Wildman–Crippen MR) is 88.4 cm³/mol. The smallest absolute Gasteiger partial charge is 0.178 e. The van der Waals surface area contributed by atoms with Crippen molar-refractivity contribution in [2.24, 2.45) is 0 Å². The molecule has 0 fully saturated rings. The minimum atomic E-state index is 0.644. The summed E-state index contributed by atoms with van der Waals surface area (Å²) in [6.07, 6.45) is 0. The van der Waals surface area contributed by atoms with Gasteiger partial charge in [0.2, 0.25) is 0 Å². The Morgan fingerprint density at radius 3 is 2.48 bits per heavy atom. The summed E-state index contributed by atoms with van der Waals surface area (Å²) in [6, 6.07) is 13.7. The molecule has 1 N–H and O–H groups in total. The topological polar surface area (TPSA) is 33.7 Å². The zero-order valence-corrected chi connectivity index (χ0v) is 12.7. The van der Waals surface area contributed by atoms with Gasteiger partial charge in [-0.1, -0.05) is 18.2 Å². The van der Waals surface area contributed by atoms with Crippen LogP contribution in [0.25, 0.3) is 0 Å². The molecule has 1 heterocycles. The lowest BCUT2D eigenvalue weighted by molar-refractivity contribution is 0.408. The molecular formula is C16H16N2O2S. The van der Waals surface area contributed by atoms with Crippen LogP contribution in [0.2, 0.25) is 0 Å². The molecule has 0 bridgehead atoms. The third-order valence-electron chi connectivity index (χ3n) is 3.53. The van der Waals surface area contributed by atoms with Crippen molar-refractivity contribution >= 4 is 28.7 Å². The molecule has 2 aromatic carbocycles. The van der Waals surface area contributed by atoms with Crippen LogP contribution in [-0.2, 0) is 6.54 Å². The van der Waals surface area contributed by atoms with Gasteiger partial charge in [-0.25, -0.2) is 0 Å². The fourth-order valence-corrected chi connectivity index (χ4v) is 2.77. The molecule has 2 aromatic rings. The van der Waals surface area contributed by atoms with Crippen LogP contribution in [0.3, 0.4) is 0 Å². The van der Waals surface area contributed by atoms with Crippen LogP contribution < -0.4 is 19.7 Å². The molecule has 108 valence electrons. The van der Waals surface area contributed by atoms with Gasteiger partial charge in [0.25, 0.3) is 0 Å². The molecule has 4 nitrogen and oxygen atoms in total. The van der Waals surface area contributed by atoms with E-state index in [1.807, 2.05) is 47.4 Å². The Balaban J connectivity index is 2.04. The summed E-state index contributed by atoms with van der Waals surface area (Å²) in [4.78, 5) is 2.01. The normalized spacial score (nSPS) is 13.4. The lowest BCUT2D eigenvalue weighted by Crippen LogP contribution is -2.38. The van der Waals surface area contributed by atoms with Gasteiger partial charge < -0.3 is 19.7 Å². The maximum Gasteiger partial charge on any atom is 0.178 e. The summed E-state index contributed by atoms with van der Waals surface area (Å²) in [6.45, 7) is 0.644. The number of rotatable bonds is 3. The number of anilines is 2. The van der Waals surface area contributed by atoms with Gasteiger partial charge in [-0.05, 0) is 36.5 Å². The molecule has 0 saturated carbocycles. The number of hydrogen-bond acceptors (Lipinski definition) is 3. The number of methoxy groups -OCH3 is 2. The first-order chi connectivity index (χ1) is 10.2. The zero-order chi connectivity index (χ0) is 14.8. The number of hydrogen-bond donors (Lipinski definition) is 1. The molecule has 3 rings (SSSR count). The van der Waals surface area contributed by atoms with E-state index in [2.05, 4.69) is 5.32 Å². The second kappa shape index (κ2) is 5.61. The van der Waals surface area contributed by atoms with Crippen molar-refractivity contribution in [1.29, 1.82) is 0 Å². The predicted octanol–water partition coefficient (Wildman–Crippen LogP) is 3.42. The Bertz CT molecular complexity index is 688. The maximum absolute atomic E-state index is 5.49. The van der Waals surface area contributed by atoms with Gasteiger partial charge in [0.05, 0.1) is 26.5 Å². The van der Waals surface area contributed by atoms with Crippen molar-refractivity contribution in [3.63, 3.8) is 0 Å². The van der Waals surface area contributed by atoms with E-state index in [0.29, 0.717) is 11.7 Å². The van der Waals surface area contributed by atoms with E-state index in [1.165, 1.54) is 0 Å². The largest absolute Gasteiger partial charge is 0.496 e. The van der Waals surface area contributed by atoms with Crippen LogP contribution in [0.1, 0.15) is 5.56 Å². The van der Waals surface area contributed by atoms with Crippen LogP contribution >= 0.6 is 12.2 Å². The molecule has 0 saturated heterocycles. The van der Waals surface area contributed by atoms with Gasteiger partial charge in [0.15, 0.2) is 5.11 Å². The summed E-state index contributed by atoms with van der Waals surface area (Å²) < 4.78 is 10.9. The van der Waals surface area contributed by atoms with Crippen LogP contribution in [0.15, 0.2) is 42.5 Å². The number of nitrogens with zero attached hydrogens (tertiary/aromatic N) is 1. The minimum Gasteiger partial charge on any atom is -0.496 e. The van der Waals surface area contributed by atoms with E-state index in [4.69, 9.17) is 21.7 Å². The lowest BCUT2D eigenvalue weighted by atomic mass is 10.1. The van der Waals surface area contributed by atoms with Gasteiger partial charge in [0, 0.05) is 11.3 Å². The maximum atomic E-state index is 5.49. The Morgan fingerprint density at radius 2 is 1.71 bits per heavy atom. The van der Waals surface area contributed by atoms with Crippen LogP contribution in [0.4, 0.5) is 11.4 Å². The quantitative estimate of drug-likeness (QED) is 0.878. The highest BCUT2D eigenvalue weighted by Gasteiger charge is 2.25. The third kappa shape index (κ3) is 2.40. The molecule has 0 atom stereocenters. The average molecular weight is 300 g/mol. The Kier molecular flexibility index (Phi) is 3.66. The second-order valence-corrected chi connectivity index (χ2v) is 5.06. The van der Waals surface area contributed by atoms with Gasteiger partial charge in [0.1, 0.15) is 11.5 Å². The first-order valence-corrected chi connectivity index (χ1v) is 7.03. The summed E-state index contributed by atoms with van der Waals surface area (Å²) in [5.74, 6) is 1.64. The van der Waals surface area contributed by atoms with Gasteiger partial charge in [-0.15, -0.1) is 0 Å². The van der Waals surface area contributed by atoms with Gasteiger partial charge >= 0.3 is 0 Å². The van der Waals surface area contributed by atoms with E-state index in [-0.39, 0.29) is 0 Å². The van der Waals surface area contributed by atoms with Crippen molar-refractivity contribution in [2.45, 2.75) is 6.54 Å². The fourth-order valence-electron chi connectivity index (χ4n) is 2.50. The molecule has 0 radical (unpaired) electrons. The minimum absolute atomic E-state index is 0.644. The monoisotopic (exact) mass is 300 g/mol. The number of para-hydroxylation sites is 2. The molecule has 0 aliphatic carbocycles. The summed E-state index contributed by atoms with van der Waals surface area (Å²) in [7, 11) is 3.34. The number of ether oxygens (including phenoxy) is 2. The van der Waals surface area contributed by atoms with E-state index < -0.39 is 0 Å². The summed E-state index contributed by atoms with van der Waals surface area (Å²) in [5.41, 5.74) is 3.01. The molecule has 5 heteroatoms. The summed E-state index contributed by atoms with van der Waals surface area (Å²) >= 11 is 5.49. The molecule has 1 aliphatic rings. The molecule has 1 aliphatic heterocycles. The standard InChI is InChI=1S/C16H16N2O2S/c1-19-14-9-5-6-12-11(14)10-18(16(21)17-12)13-7-3-4-8-15(13)20-2/h3-9H,10H2,1-2H3,(H,17,21). The van der Waals surface area contributed by atoms with Gasteiger partial charge in [-0.3, -0.25) is 0 Å². The Labute approximate surface area is 129 Å². The number of nitrogens with one attached hydrogen (secondary N) is 1. The molecule has 0 spiro atoms. The van der Waals surface area contributed by atoms with Crippen molar-refractivity contribution in [1.82, 2.24) is 0 Å². The first-order valence-electron chi connectivity index (χ1n) is 6.62. The van der Waals surface area contributed by atoms with Crippen molar-refractivity contribution in [2.75, 3.05) is 24.4 Å². The Hall–Kier alpha value is -2.27. The zero-order valence-electron chi connectivity index (χ0n) is 11.9. The highest BCUT2D eigenvalue weighted by Crippen LogP contribution is 2.36. The van der Waals surface area contributed by atoms with Crippen molar-refractivity contribution < 1.29 is 9.47 Å². The van der Waals surface area contributed by atoms with E-state index in [9.17, 15) is 0 Å². The third-order valence-corrected chi connectivity index (χ3v) is 3.85. The highest BCUT2D eigenvalue weighted by atomic mass is 32.1. The molecular weight excluding hydrogens is 284 g/mol. The first kappa shape index (κ1) is 13.7. The number of benzene rings is 2. The molecule has 0 unspecified atom stereocenters. The highest BCUT2D eigenvalue weighted by molar-refractivity contribution is 7.80. The van der Waals surface area contributed by atoms with Gasteiger partial charge in [-0.2, -0.15) is 0 Å². The van der Waals surface area contributed by atoms with E-state index >= 15 is 0 Å². The van der Waals surface area contributed by atoms with E-state index in [1.54, 1.807) is 14.2 Å². The van der Waals surface area contributed by atoms with E-state index in [0.717, 1.165) is 28.4 Å². The fraction of sp³-hybridized carbons (Fsp3) is 0.188. The number of thiocarbonyl (C=S) groups is 1. The van der Waals surface area contributed by atoms with Crippen molar-refractivity contribution in [3.8, 4) is 11.5 Å². The van der Waals surface area contributed by atoms with Crippen LogP contribution in [0, 0.1) is 0 Å².